The first kappa shape index (κ1) is 18.4. The highest BCUT2D eigenvalue weighted by molar-refractivity contribution is 7.99. The molecule has 0 spiro atoms. The van der Waals surface area contributed by atoms with Crippen molar-refractivity contribution < 1.29 is 9.90 Å². The molecule has 0 aliphatic heterocycles. The van der Waals surface area contributed by atoms with Crippen LogP contribution in [0.5, 0.6) is 0 Å². The normalized spacial score (nSPS) is 12.0. The lowest BCUT2D eigenvalue weighted by atomic mass is 10.1. The van der Waals surface area contributed by atoms with Gasteiger partial charge in [-0.25, -0.2) is 4.98 Å². The van der Waals surface area contributed by atoms with Gasteiger partial charge in [0.05, 0.1) is 11.6 Å². The van der Waals surface area contributed by atoms with E-state index in [4.69, 9.17) is 0 Å². The zero-order valence-electron chi connectivity index (χ0n) is 14.3. The summed E-state index contributed by atoms with van der Waals surface area (Å²) in [5.74, 6) is 0.629. The first-order valence-electron chi connectivity index (χ1n) is 8.56. The zero-order valence-corrected chi connectivity index (χ0v) is 15.2. The average Bonchev–Trinajstić information content (AvgIpc) is 2.69. The Morgan fingerprint density at radius 3 is 2.77 bits per heavy atom. The molecule has 0 fully saturated rings. The molecule has 5 nitrogen and oxygen atoms in total. The molecule has 0 radical (unpaired) electrons. The van der Waals surface area contributed by atoms with Crippen LogP contribution in [0.2, 0.25) is 0 Å². The second kappa shape index (κ2) is 9.31. The number of rotatable bonds is 8. The van der Waals surface area contributed by atoms with E-state index in [1.165, 1.54) is 0 Å². The lowest BCUT2D eigenvalue weighted by molar-refractivity contribution is -0.120. The first-order chi connectivity index (χ1) is 12.7. The van der Waals surface area contributed by atoms with Crippen molar-refractivity contribution in [3.8, 4) is 0 Å². The predicted molar refractivity (Wildman–Crippen MR) is 104 cm³/mol. The van der Waals surface area contributed by atoms with Gasteiger partial charge in [0.1, 0.15) is 5.03 Å². The third-order valence-electron chi connectivity index (χ3n) is 3.99. The summed E-state index contributed by atoms with van der Waals surface area (Å²) in [5.41, 5.74) is 1.78. The van der Waals surface area contributed by atoms with Crippen molar-refractivity contribution in [2.45, 2.75) is 24.0 Å². The number of thioether (sulfide) groups is 1. The second-order valence-corrected chi connectivity index (χ2v) is 6.93. The minimum Gasteiger partial charge on any atom is -0.388 e. The number of amides is 1. The lowest BCUT2D eigenvalue weighted by Gasteiger charge is -2.11. The van der Waals surface area contributed by atoms with Crippen LogP contribution in [0.4, 0.5) is 0 Å². The monoisotopic (exact) mass is 367 g/mol. The molecule has 26 heavy (non-hydrogen) atoms. The molecule has 0 aliphatic rings. The molecule has 0 aliphatic carbocycles. The number of carbonyl (C=O) groups excluding carboxylic acids is 1. The Labute approximate surface area is 156 Å². The van der Waals surface area contributed by atoms with Gasteiger partial charge in [-0.15, -0.1) is 11.8 Å². The van der Waals surface area contributed by atoms with Gasteiger partial charge in [-0.3, -0.25) is 9.78 Å². The molecular formula is C20H21N3O2S. The van der Waals surface area contributed by atoms with Crippen LogP contribution in [0.25, 0.3) is 10.9 Å². The molecule has 2 aromatic heterocycles. The van der Waals surface area contributed by atoms with Gasteiger partial charge in [0.15, 0.2) is 0 Å². The summed E-state index contributed by atoms with van der Waals surface area (Å²) in [6.07, 6.45) is 3.85. The highest BCUT2D eigenvalue weighted by atomic mass is 32.2. The van der Waals surface area contributed by atoms with Crippen LogP contribution in [-0.4, -0.2) is 33.3 Å². The smallest absolute Gasteiger partial charge is 0.220 e. The van der Waals surface area contributed by atoms with Crippen LogP contribution in [-0.2, 0) is 4.79 Å². The van der Waals surface area contributed by atoms with E-state index >= 15 is 0 Å². The Bertz CT molecular complexity index is 853. The van der Waals surface area contributed by atoms with Gasteiger partial charge in [-0.1, -0.05) is 30.3 Å². The van der Waals surface area contributed by atoms with Crippen LogP contribution in [0, 0.1) is 0 Å². The number of nitrogens with zero attached hydrogens (tertiary/aromatic N) is 2. The van der Waals surface area contributed by atoms with Crippen molar-refractivity contribution in [1.82, 2.24) is 15.3 Å². The number of pyridine rings is 2. The number of hydrogen-bond donors (Lipinski definition) is 2. The van der Waals surface area contributed by atoms with Gasteiger partial charge in [0.2, 0.25) is 5.91 Å². The zero-order chi connectivity index (χ0) is 18.2. The molecule has 134 valence electrons. The van der Waals surface area contributed by atoms with E-state index < -0.39 is 6.10 Å². The van der Waals surface area contributed by atoms with E-state index in [1.54, 1.807) is 24.2 Å². The second-order valence-electron chi connectivity index (χ2n) is 5.85. The van der Waals surface area contributed by atoms with Gasteiger partial charge < -0.3 is 10.4 Å². The summed E-state index contributed by atoms with van der Waals surface area (Å²) in [6.45, 7) is 0.454. The van der Waals surface area contributed by atoms with E-state index in [0.29, 0.717) is 25.1 Å². The maximum Gasteiger partial charge on any atom is 0.220 e. The van der Waals surface area contributed by atoms with Gasteiger partial charge in [0, 0.05) is 36.5 Å². The number of benzene rings is 1. The number of aromatic nitrogens is 2. The molecule has 0 saturated heterocycles. The molecule has 3 rings (SSSR count). The minimum atomic E-state index is -0.557. The van der Waals surface area contributed by atoms with E-state index in [-0.39, 0.29) is 5.91 Å². The number of hydrogen-bond acceptors (Lipinski definition) is 5. The van der Waals surface area contributed by atoms with E-state index in [9.17, 15) is 9.90 Å². The Morgan fingerprint density at radius 2 is 1.92 bits per heavy atom. The fourth-order valence-electron chi connectivity index (χ4n) is 2.61. The predicted octanol–water partition coefficient (Wildman–Crippen LogP) is 3.35. The van der Waals surface area contributed by atoms with Crippen LogP contribution < -0.4 is 5.32 Å². The van der Waals surface area contributed by atoms with E-state index in [2.05, 4.69) is 15.3 Å². The summed E-state index contributed by atoms with van der Waals surface area (Å²) in [7, 11) is 0. The SMILES string of the molecule is O=C(CCSc1nccc2ncccc12)NCCC(O)c1ccccc1. The number of carbonyl (C=O) groups is 1. The van der Waals surface area contributed by atoms with E-state index in [1.807, 2.05) is 48.5 Å². The van der Waals surface area contributed by atoms with Crippen molar-refractivity contribution in [3.05, 3.63) is 66.5 Å². The van der Waals surface area contributed by atoms with Crippen molar-refractivity contribution in [2.24, 2.45) is 0 Å². The van der Waals surface area contributed by atoms with E-state index in [0.717, 1.165) is 21.5 Å². The quantitative estimate of drug-likeness (QED) is 0.597. The first-order valence-corrected chi connectivity index (χ1v) is 9.55. The Hall–Kier alpha value is -2.44. The summed E-state index contributed by atoms with van der Waals surface area (Å²) < 4.78 is 0. The van der Waals surface area contributed by atoms with Crippen LogP contribution >= 0.6 is 11.8 Å². The largest absolute Gasteiger partial charge is 0.388 e. The molecule has 1 aromatic carbocycles. The third kappa shape index (κ3) is 5.03. The number of fused-ring (bicyclic) bond motifs is 1. The van der Waals surface area contributed by atoms with Crippen molar-refractivity contribution in [3.63, 3.8) is 0 Å². The fraction of sp³-hybridized carbons (Fsp3) is 0.250. The lowest BCUT2D eigenvalue weighted by Crippen LogP contribution is -2.25. The molecule has 0 bridgehead atoms. The number of aliphatic hydroxyl groups excluding tert-OH is 1. The van der Waals surface area contributed by atoms with Crippen molar-refractivity contribution >= 4 is 28.6 Å². The Balaban J connectivity index is 1.40. The average molecular weight is 367 g/mol. The molecule has 0 saturated carbocycles. The molecule has 2 N–H and O–H groups in total. The number of aliphatic hydroxyl groups is 1. The molecule has 1 amide bonds. The molecule has 6 heteroatoms. The molecule has 1 atom stereocenters. The summed E-state index contributed by atoms with van der Waals surface area (Å²) >= 11 is 1.55. The van der Waals surface area contributed by atoms with Crippen LogP contribution in [0.3, 0.4) is 0 Å². The molecule has 1 unspecified atom stereocenters. The van der Waals surface area contributed by atoms with Crippen molar-refractivity contribution in [2.75, 3.05) is 12.3 Å². The Kier molecular flexibility index (Phi) is 6.57. The molecule has 3 aromatic rings. The summed E-state index contributed by atoms with van der Waals surface area (Å²) in [6, 6.07) is 15.2. The Morgan fingerprint density at radius 1 is 1.08 bits per heavy atom. The maximum atomic E-state index is 12.0. The van der Waals surface area contributed by atoms with Gasteiger partial charge in [0.25, 0.3) is 0 Å². The molecule has 2 heterocycles. The highest BCUT2D eigenvalue weighted by Crippen LogP contribution is 2.24. The minimum absolute atomic E-state index is 0.0175. The summed E-state index contributed by atoms with van der Waals surface area (Å²) in [4.78, 5) is 20.7. The van der Waals surface area contributed by atoms with Gasteiger partial charge >= 0.3 is 0 Å². The molecular weight excluding hydrogens is 346 g/mol. The highest BCUT2D eigenvalue weighted by Gasteiger charge is 2.09. The topological polar surface area (TPSA) is 75.1 Å². The number of nitrogens with one attached hydrogen (secondary N) is 1. The van der Waals surface area contributed by atoms with Crippen molar-refractivity contribution in [1.29, 1.82) is 0 Å². The standard InChI is InChI=1S/C20H21N3O2S/c24-18(15-5-2-1-3-6-15)9-13-22-19(25)10-14-26-20-16-7-4-11-21-17(16)8-12-23-20/h1-8,11-12,18,24H,9-10,13-14H2,(H,22,25). The maximum absolute atomic E-state index is 12.0. The fourth-order valence-corrected chi connectivity index (χ4v) is 3.55. The van der Waals surface area contributed by atoms with Gasteiger partial charge in [-0.2, -0.15) is 0 Å². The third-order valence-corrected chi connectivity index (χ3v) is 4.99. The van der Waals surface area contributed by atoms with Crippen LogP contribution in [0.1, 0.15) is 24.5 Å². The van der Waals surface area contributed by atoms with Gasteiger partial charge in [-0.05, 0) is 30.2 Å². The van der Waals surface area contributed by atoms with Crippen LogP contribution in [0.15, 0.2) is 66.0 Å². The summed E-state index contributed by atoms with van der Waals surface area (Å²) in [5, 5.41) is 14.8.